The SMILES string of the molecule is Nc1cn(-c2ccccn2)nc1-c1ccc(F)cc1. The number of benzene rings is 1. The summed E-state index contributed by atoms with van der Waals surface area (Å²) < 4.78 is 14.5. The molecule has 0 atom stereocenters. The predicted octanol–water partition coefficient (Wildman–Crippen LogP) is 2.66. The smallest absolute Gasteiger partial charge is 0.153 e. The highest BCUT2D eigenvalue weighted by Gasteiger charge is 2.10. The van der Waals surface area contributed by atoms with E-state index in [0.717, 1.165) is 5.56 Å². The van der Waals surface area contributed by atoms with Crippen LogP contribution < -0.4 is 5.73 Å². The van der Waals surface area contributed by atoms with Crippen molar-refractivity contribution in [3.8, 4) is 17.1 Å². The Morgan fingerprint density at radius 2 is 1.84 bits per heavy atom. The summed E-state index contributed by atoms with van der Waals surface area (Å²) in [5.41, 5.74) is 7.86. The van der Waals surface area contributed by atoms with Crippen molar-refractivity contribution in [3.63, 3.8) is 0 Å². The lowest BCUT2D eigenvalue weighted by atomic mass is 10.1. The number of nitrogens with zero attached hydrogens (tertiary/aromatic N) is 3. The highest BCUT2D eigenvalue weighted by Crippen LogP contribution is 2.25. The zero-order valence-corrected chi connectivity index (χ0v) is 9.99. The second-order valence-corrected chi connectivity index (χ2v) is 4.07. The fourth-order valence-corrected chi connectivity index (χ4v) is 1.83. The third-order valence-electron chi connectivity index (χ3n) is 2.74. The molecule has 94 valence electrons. The van der Waals surface area contributed by atoms with Gasteiger partial charge in [0, 0.05) is 11.8 Å². The minimum absolute atomic E-state index is 0.286. The molecule has 0 bridgehead atoms. The molecule has 2 aromatic heterocycles. The summed E-state index contributed by atoms with van der Waals surface area (Å²) in [4.78, 5) is 4.20. The van der Waals surface area contributed by atoms with Gasteiger partial charge in [-0.2, -0.15) is 5.10 Å². The van der Waals surface area contributed by atoms with Crippen molar-refractivity contribution >= 4 is 5.69 Å². The first-order chi connectivity index (χ1) is 9.24. The minimum Gasteiger partial charge on any atom is -0.396 e. The van der Waals surface area contributed by atoms with Crippen molar-refractivity contribution in [1.29, 1.82) is 0 Å². The number of nitrogen functional groups attached to an aromatic ring is 1. The van der Waals surface area contributed by atoms with Crippen molar-refractivity contribution in [2.45, 2.75) is 0 Å². The van der Waals surface area contributed by atoms with E-state index in [1.807, 2.05) is 18.2 Å². The van der Waals surface area contributed by atoms with Crippen LogP contribution >= 0.6 is 0 Å². The molecule has 5 heteroatoms. The van der Waals surface area contributed by atoms with Gasteiger partial charge < -0.3 is 5.73 Å². The number of pyridine rings is 1. The molecule has 0 amide bonds. The highest BCUT2D eigenvalue weighted by molar-refractivity contribution is 5.72. The van der Waals surface area contributed by atoms with Crippen molar-refractivity contribution in [2.24, 2.45) is 0 Å². The molecule has 19 heavy (non-hydrogen) atoms. The van der Waals surface area contributed by atoms with Gasteiger partial charge in [-0.15, -0.1) is 0 Å². The fraction of sp³-hybridized carbons (Fsp3) is 0. The fourth-order valence-electron chi connectivity index (χ4n) is 1.83. The van der Waals surface area contributed by atoms with Gasteiger partial charge in [-0.1, -0.05) is 6.07 Å². The van der Waals surface area contributed by atoms with Crippen LogP contribution in [0.4, 0.5) is 10.1 Å². The number of anilines is 1. The summed E-state index contributed by atoms with van der Waals surface area (Å²) in [6, 6.07) is 11.6. The van der Waals surface area contributed by atoms with E-state index < -0.39 is 0 Å². The van der Waals surface area contributed by atoms with E-state index in [-0.39, 0.29) is 5.82 Å². The molecule has 2 heterocycles. The third kappa shape index (κ3) is 2.18. The Hall–Kier alpha value is -2.69. The van der Waals surface area contributed by atoms with Gasteiger partial charge in [0.2, 0.25) is 0 Å². The summed E-state index contributed by atoms with van der Waals surface area (Å²) in [5, 5.41) is 4.39. The van der Waals surface area contributed by atoms with E-state index in [2.05, 4.69) is 10.1 Å². The van der Waals surface area contributed by atoms with Gasteiger partial charge in [-0.25, -0.2) is 14.1 Å². The molecule has 0 saturated carbocycles. The molecule has 0 aliphatic heterocycles. The summed E-state index contributed by atoms with van der Waals surface area (Å²) >= 11 is 0. The van der Waals surface area contributed by atoms with Gasteiger partial charge in [0.15, 0.2) is 5.82 Å². The second-order valence-electron chi connectivity index (χ2n) is 4.07. The van der Waals surface area contributed by atoms with E-state index in [0.29, 0.717) is 17.2 Å². The molecule has 4 nitrogen and oxygen atoms in total. The van der Waals surface area contributed by atoms with Crippen LogP contribution in [-0.4, -0.2) is 14.8 Å². The average Bonchev–Trinajstić information content (AvgIpc) is 2.83. The van der Waals surface area contributed by atoms with Crippen LogP contribution in [0.5, 0.6) is 0 Å². The Bertz CT molecular complexity index is 689. The third-order valence-corrected chi connectivity index (χ3v) is 2.74. The van der Waals surface area contributed by atoms with Crippen molar-refractivity contribution in [3.05, 3.63) is 60.7 Å². The first-order valence-electron chi connectivity index (χ1n) is 5.76. The van der Waals surface area contributed by atoms with Crippen LogP contribution in [0.25, 0.3) is 17.1 Å². The Balaban J connectivity index is 2.05. The zero-order valence-electron chi connectivity index (χ0n) is 9.99. The number of halogens is 1. The quantitative estimate of drug-likeness (QED) is 0.764. The topological polar surface area (TPSA) is 56.7 Å². The van der Waals surface area contributed by atoms with E-state index in [1.54, 1.807) is 29.2 Å². The first kappa shape index (κ1) is 11.4. The molecule has 0 fully saturated rings. The molecule has 2 N–H and O–H groups in total. The van der Waals surface area contributed by atoms with Gasteiger partial charge in [0.1, 0.15) is 11.5 Å². The van der Waals surface area contributed by atoms with Crippen LogP contribution in [0.3, 0.4) is 0 Å². The zero-order chi connectivity index (χ0) is 13.2. The minimum atomic E-state index is -0.286. The maximum atomic E-state index is 12.9. The Morgan fingerprint density at radius 3 is 2.53 bits per heavy atom. The van der Waals surface area contributed by atoms with E-state index in [9.17, 15) is 4.39 Å². The van der Waals surface area contributed by atoms with Gasteiger partial charge >= 0.3 is 0 Å². The largest absolute Gasteiger partial charge is 0.396 e. The number of rotatable bonds is 2. The van der Waals surface area contributed by atoms with Crippen molar-refractivity contribution in [2.75, 3.05) is 5.73 Å². The lowest BCUT2D eigenvalue weighted by molar-refractivity contribution is 0.628. The Labute approximate surface area is 109 Å². The molecule has 0 aliphatic carbocycles. The molecule has 0 radical (unpaired) electrons. The Kier molecular flexibility index (Phi) is 2.72. The monoisotopic (exact) mass is 254 g/mol. The van der Waals surface area contributed by atoms with Gasteiger partial charge in [0.05, 0.1) is 11.9 Å². The lowest BCUT2D eigenvalue weighted by Crippen LogP contribution is -1.97. The van der Waals surface area contributed by atoms with Crippen LogP contribution in [0, 0.1) is 5.82 Å². The van der Waals surface area contributed by atoms with E-state index in [4.69, 9.17) is 5.73 Å². The second kappa shape index (κ2) is 4.53. The summed E-state index contributed by atoms with van der Waals surface area (Å²) in [6.45, 7) is 0. The van der Waals surface area contributed by atoms with Crippen LogP contribution in [0.2, 0.25) is 0 Å². The molecular weight excluding hydrogens is 243 g/mol. The number of hydrogen-bond donors (Lipinski definition) is 1. The van der Waals surface area contributed by atoms with Gasteiger partial charge in [-0.05, 0) is 36.4 Å². The number of aromatic nitrogens is 3. The molecule has 1 aromatic carbocycles. The highest BCUT2D eigenvalue weighted by atomic mass is 19.1. The van der Waals surface area contributed by atoms with Crippen molar-refractivity contribution < 1.29 is 4.39 Å². The summed E-state index contributed by atoms with van der Waals surface area (Å²) in [6.07, 6.45) is 3.38. The summed E-state index contributed by atoms with van der Waals surface area (Å²) in [7, 11) is 0. The maximum absolute atomic E-state index is 12.9. The standard InChI is InChI=1S/C14H11FN4/c15-11-6-4-10(5-7-11)14-12(16)9-19(18-14)13-3-1-2-8-17-13/h1-9H,16H2. The van der Waals surface area contributed by atoms with Crippen molar-refractivity contribution in [1.82, 2.24) is 14.8 Å². The van der Waals surface area contributed by atoms with E-state index in [1.165, 1.54) is 12.1 Å². The predicted molar refractivity (Wildman–Crippen MR) is 71.2 cm³/mol. The van der Waals surface area contributed by atoms with Crippen LogP contribution in [0.15, 0.2) is 54.9 Å². The molecule has 0 saturated heterocycles. The maximum Gasteiger partial charge on any atom is 0.153 e. The molecule has 0 aliphatic rings. The molecule has 0 spiro atoms. The van der Waals surface area contributed by atoms with Gasteiger partial charge in [0.25, 0.3) is 0 Å². The first-order valence-corrected chi connectivity index (χ1v) is 5.76. The average molecular weight is 254 g/mol. The Morgan fingerprint density at radius 1 is 1.05 bits per heavy atom. The summed E-state index contributed by atoms with van der Waals surface area (Å²) in [5.74, 6) is 0.397. The number of hydrogen-bond acceptors (Lipinski definition) is 3. The normalized spacial score (nSPS) is 10.6. The molecular formula is C14H11FN4. The van der Waals surface area contributed by atoms with Crippen LogP contribution in [-0.2, 0) is 0 Å². The lowest BCUT2D eigenvalue weighted by Gasteiger charge is -1.99. The molecule has 0 unspecified atom stereocenters. The van der Waals surface area contributed by atoms with Gasteiger partial charge in [-0.3, -0.25) is 0 Å². The molecule has 3 rings (SSSR count). The number of nitrogens with two attached hydrogens (primary N) is 1. The van der Waals surface area contributed by atoms with Crippen LogP contribution in [0.1, 0.15) is 0 Å². The molecule has 3 aromatic rings. The van der Waals surface area contributed by atoms with E-state index >= 15 is 0 Å².